The Kier molecular flexibility index (Phi) is 4.66. The van der Waals surface area contributed by atoms with Crippen molar-refractivity contribution in [3.63, 3.8) is 0 Å². The smallest absolute Gasteiger partial charge is 0.161 e. The van der Waals surface area contributed by atoms with Crippen LogP contribution in [0.2, 0.25) is 0 Å². The minimum atomic E-state index is -0.0138. The van der Waals surface area contributed by atoms with Crippen molar-refractivity contribution in [2.45, 2.75) is 25.8 Å². The minimum absolute atomic E-state index is 0.0138. The first-order chi connectivity index (χ1) is 9.17. The van der Waals surface area contributed by atoms with Crippen LogP contribution in [-0.2, 0) is 4.74 Å². The lowest BCUT2D eigenvalue weighted by atomic mass is 9.87. The Labute approximate surface area is 114 Å². The van der Waals surface area contributed by atoms with Gasteiger partial charge in [0.1, 0.15) is 0 Å². The molecule has 0 radical (unpaired) electrons. The second-order valence-electron chi connectivity index (χ2n) is 5.07. The number of hydrogen-bond acceptors (Lipinski definition) is 4. The molecule has 1 aliphatic heterocycles. The number of hydrogen-bond donors (Lipinski definition) is 1. The lowest BCUT2D eigenvalue weighted by Gasteiger charge is -2.29. The highest BCUT2D eigenvalue weighted by Gasteiger charge is 2.24. The van der Waals surface area contributed by atoms with E-state index in [0.717, 1.165) is 48.7 Å². The molecule has 4 heteroatoms. The van der Waals surface area contributed by atoms with Crippen molar-refractivity contribution in [3.05, 3.63) is 23.3 Å². The van der Waals surface area contributed by atoms with Crippen LogP contribution in [0.15, 0.2) is 12.1 Å². The molecule has 1 fully saturated rings. The summed E-state index contributed by atoms with van der Waals surface area (Å²) in [5, 5.41) is 0. The first-order valence-electron chi connectivity index (χ1n) is 6.73. The van der Waals surface area contributed by atoms with Crippen molar-refractivity contribution in [1.29, 1.82) is 0 Å². The van der Waals surface area contributed by atoms with Crippen molar-refractivity contribution in [1.82, 2.24) is 0 Å². The molecule has 2 unspecified atom stereocenters. The molecule has 0 aromatic heterocycles. The van der Waals surface area contributed by atoms with Gasteiger partial charge < -0.3 is 19.9 Å². The number of methoxy groups -OCH3 is 2. The summed E-state index contributed by atoms with van der Waals surface area (Å²) in [5.74, 6) is 1.86. The topological polar surface area (TPSA) is 53.7 Å². The maximum Gasteiger partial charge on any atom is 0.161 e. The quantitative estimate of drug-likeness (QED) is 0.908. The van der Waals surface area contributed by atoms with Crippen LogP contribution in [0.4, 0.5) is 0 Å². The summed E-state index contributed by atoms with van der Waals surface area (Å²) < 4.78 is 16.2. The lowest BCUT2D eigenvalue weighted by Crippen LogP contribution is -2.29. The van der Waals surface area contributed by atoms with Gasteiger partial charge in [-0.3, -0.25) is 0 Å². The largest absolute Gasteiger partial charge is 0.493 e. The van der Waals surface area contributed by atoms with Crippen LogP contribution >= 0.6 is 0 Å². The fourth-order valence-corrected chi connectivity index (χ4v) is 2.66. The molecule has 1 heterocycles. The molecule has 2 rings (SSSR count). The molecule has 1 aliphatic rings. The molecule has 19 heavy (non-hydrogen) atoms. The van der Waals surface area contributed by atoms with Crippen LogP contribution in [0.5, 0.6) is 11.5 Å². The van der Waals surface area contributed by atoms with Crippen LogP contribution in [0.1, 0.15) is 30.0 Å². The molecular weight excluding hydrogens is 242 g/mol. The van der Waals surface area contributed by atoms with Gasteiger partial charge in [-0.15, -0.1) is 0 Å². The van der Waals surface area contributed by atoms with Crippen LogP contribution in [0, 0.1) is 12.8 Å². The second kappa shape index (κ2) is 6.26. The third-order valence-corrected chi connectivity index (χ3v) is 3.83. The number of ether oxygens (including phenoxy) is 3. The third-order valence-electron chi connectivity index (χ3n) is 3.83. The Bertz CT molecular complexity index is 428. The zero-order valence-electron chi connectivity index (χ0n) is 11.9. The number of benzene rings is 1. The van der Waals surface area contributed by atoms with E-state index in [9.17, 15) is 0 Å². The molecule has 0 spiro atoms. The van der Waals surface area contributed by atoms with Gasteiger partial charge >= 0.3 is 0 Å². The van der Waals surface area contributed by atoms with Gasteiger partial charge in [0.25, 0.3) is 0 Å². The summed E-state index contributed by atoms with van der Waals surface area (Å²) in [6.07, 6.45) is 2.21. The molecule has 1 aromatic rings. The molecule has 0 amide bonds. The van der Waals surface area contributed by atoms with Gasteiger partial charge in [-0.05, 0) is 43.0 Å². The fraction of sp³-hybridized carbons (Fsp3) is 0.600. The molecule has 2 atom stereocenters. The fourth-order valence-electron chi connectivity index (χ4n) is 2.66. The average Bonchev–Trinajstić information content (AvgIpc) is 2.47. The highest BCUT2D eigenvalue weighted by Crippen LogP contribution is 2.35. The van der Waals surface area contributed by atoms with E-state index in [-0.39, 0.29) is 6.04 Å². The van der Waals surface area contributed by atoms with Crippen molar-refractivity contribution < 1.29 is 14.2 Å². The van der Waals surface area contributed by atoms with Crippen molar-refractivity contribution >= 4 is 0 Å². The van der Waals surface area contributed by atoms with E-state index in [0.29, 0.717) is 5.92 Å². The standard InChI is InChI=1S/C15H23NO3/c1-10-7-13(17-2)14(18-3)8-12(10)15(16)11-5-4-6-19-9-11/h7-8,11,15H,4-6,9,16H2,1-3H3. The van der Waals surface area contributed by atoms with Gasteiger partial charge in [-0.25, -0.2) is 0 Å². The van der Waals surface area contributed by atoms with Crippen molar-refractivity contribution in [2.24, 2.45) is 11.7 Å². The first-order valence-corrected chi connectivity index (χ1v) is 6.73. The summed E-state index contributed by atoms with van der Waals surface area (Å²) in [4.78, 5) is 0. The highest BCUT2D eigenvalue weighted by atomic mass is 16.5. The average molecular weight is 265 g/mol. The molecule has 2 N–H and O–H groups in total. The molecule has 0 bridgehead atoms. The Morgan fingerprint density at radius 3 is 2.53 bits per heavy atom. The predicted octanol–water partition coefficient (Wildman–Crippen LogP) is 2.44. The van der Waals surface area contributed by atoms with Gasteiger partial charge in [-0.1, -0.05) is 0 Å². The zero-order chi connectivity index (χ0) is 13.8. The van der Waals surface area contributed by atoms with Crippen LogP contribution in [0.3, 0.4) is 0 Å². The van der Waals surface area contributed by atoms with E-state index in [1.807, 2.05) is 12.1 Å². The summed E-state index contributed by atoms with van der Waals surface area (Å²) in [7, 11) is 3.29. The molecular formula is C15H23NO3. The van der Waals surface area contributed by atoms with E-state index in [1.165, 1.54) is 0 Å². The minimum Gasteiger partial charge on any atom is -0.493 e. The van der Waals surface area contributed by atoms with Gasteiger partial charge in [0.2, 0.25) is 0 Å². The van der Waals surface area contributed by atoms with Gasteiger partial charge in [0.05, 0.1) is 20.8 Å². The predicted molar refractivity (Wildman–Crippen MR) is 74.8 cm³/mol. The van der Waals surface area contributed by atoms with Gasteiger partial charge in [0.15, 0.2) is 11.5 Å². The zero-order valence-corrected chi connectivity index (χ0v) is 11.9. The maximum atomic E-state index is 6.41. The SMILES string of the molecule is COc1cc(C)c(C(N)C2CCCOC2)cc1OC. The van der Waals surface area contributed by atoms with Gasteiger partial charge in [-0.2, -0.15) is 0 Å². The molecule has 106 valence electrons. The second-order valence-corrected chi connectivity index (χ2v) is 5.07. The number of rotatable bonds is 4. The molecule has 1 aromatic carbocycles. The van der Waals surface area contributed by atoms with Gasteiger partial charge in [0, 0.05) is 18.6 Å². The Hall–Kier alpha value is -1.26. The molecule has 4 nitrogen and oxygen atoms in total. The van der Waals surface area contributed by atoms with Crippen LogP contribution in [0.25, 0.3) is 0 Å². The van der Waals surface area contributed by atoms with Crippen molar-refractivity contribution in [2.75, 3.05) is 27.4 Å². The maximum absolute atomic E-state index is 6.41. The highest BCUT2D eigenvalue weighted by molar-refractivity contribution is 5.48. The summed E-state index contributed by atoms with van der Waals surface area (Å²) >= 11 is 0. The summed E-state index contributed by atoms with van der Waals surface area (Å²) in [6.45, 7) is 3.66. The van der Waals surface area contributed by atoms with Crippen LogP contribution in [-0.4, -0.2) is 27.4 Å². The van der Waals surface area contributed by atoms with E-state index in [4.69, 9.17) is 19.9 Å². The third kappa shape index (κ3) is 3.01. The van der Waals surface area contributed by atoms with E-state index in [2.05, 4.69) is 6.92 Å². The molecule has 0 saturated carbocycles. The number of aryl methyl sites for hydroxylation is 1. The Morgan fingerprint density at radius 2 is 1.95 bits per heavy atom. The van der Waals surface area contributed by atoms with E-state index < -0.39 is 0 Å². The first kappa shape index (κ1) is 14.2. The van der Waals surface area contributed by atoms with Crippen LogP contribution < -0.4 is 15.2 Å². The van der Waals surface area contributed by atoms with E-state index >= 15 is 0 Å². The monoisotopic (exact) mass is 265 g/mol. The Morgan fingerprint density at radius 1 is 1.26 bits per heavy atom. The molecule has 0 aliphatic carbocycles. The molecule has 1 saturated heterocycles. The Balaban J connectivity index is 2.27. The summed E-state index contributed by atoms with van der Waals surface area (Å²) in [5.41, 5.74) is 8.66. The lowest BCUT2D eigenvalue weighted by molar-refractivity contribution is 0.0446. The normalized spacial score (nSPS) is 20.9. The van der Waals surface area contributed by atoms with E-state index in [1.54, 1.807) is 14.2 Å². The number of nitrogens with two attached hydrogens (primary N) is 1. The van der Waals surface area contributed by atoms with Crippen molar-refractivity contribution in [3.8, 4) is 11.5 Å². The summed E-state index contributed by atoms with van der Waals surface area (Å²) in [6, 6.07) is 3.96.